The molecule has 0 saturated heterocycles. The summed E-state index contributed by atoms with van der Waals surface area (Å²) in [6.07, 6.45) is 6.04. The number of hydrogen-bond donors (Lipinski definition) is 3. The Labute approximate surface area is 140 Å². The van der Waals surface area contributed by atoms with Crippen molar-refractivity contribution in [3.63, 3.8) is 0 Å². The molecule has 3 N–H and O–H groups in total. The van der Waals surface area contributed by atoms with E-state index in [0.29, 0.717) is 29.6 Å². The van der Waals surface area contributed by atoms with Gasteiger partial charge in [0, 0.05) is 17.3 Å². The Balaban J connectivity index is 1.48. The molecule has 0 bridgehead atoms. The van der Waals surface area contributed by atoms with E-state index in [4.69, 9.17) is 4.42 Å². The number of amides is 3. The molecule has 0 spiro atoms. The van der Waals surface area contributed by atoms with E-state index in [-0.39, 0.29) is 11.9 Å². The van der Waals surface area contributed by atoms with Crippen LogP contribution < -0.4 is 16.0 Å². The number of urea groups is 1. The molecule has 1 fully saturated rings. The molecule has 1 aromatic heterocycles. The highest BCUT2D eigenvalue weighted by Gasteiger charge is 2.17. The SMILES string of the molecule is O=C(NCc1ccco1)Nc1ccc(C(=O)NC2CCCC2)cc1. The smallest absolute Gasteiger partial charge is 0.319 e. The second-order valence-corrected chi connectivity index (χ2v) is 5.92. The Morgan fingerprint density at radius 1 is 1.08 bits per heavy atom. The molecule has 126 valence electrons. The molecule has 6 heteroatoms. The Hall–Kier alpha value is -2.76. The average Bonchev–Trinajstić information content (AvgIpc) is 3.27. The van der Waals surface area contributed by atoms with Gasteiger partial charge in [-0.05, 0) is 49.2 Å². The quantitative estimate of drug-likeness (QED) is 0.788. The van der Waals surface area contributed by atoms with Gasteiger partial charge in [-0.1, -0.05) is 12.8 Å². The van der Waals surface area contributed by atoms with Crippen LogP contribution in [0.3, 0.4) is 0 Å². The molecule has 1 heterocycles. The summed E-state index contributed by atoms with van der Waals surface area (Å²) >= 11 is 0. The van der Waals surface area contributed by atoms with Gasteiger partial charge in [-0.15, -0.1) is 0 Å². The fourth-order valence-electron chi connectivity index (χ4n) is 2.80. The number of anilines is 1. The maximum Gasteiger partial charge on any atom is 0.319 e. The van der Waals surface area contributed by atoms with Crippen molar-refractivity contribution in [1.82, 2.24) is 10.6 Å². The van der Waals surface area contributed by atoms with Gasteiger partial charge in [0.2, 0.25) is 0 Å². The number of carbonyl (C=O) groups excluding carboxylic acids is 2. The zero-order valence-electron chi connectivity index (χ0n) is 13.4. The molecule has 0 unspecified atom stereocenters. The molecule has 3 amide bonds. The predicted octanol–water partition coefficient (Wildman–Crippen LogP) is 3.27. The molecule has 2 aromatic rings. The monoisotopic (exact) mass is 327 g/mol. The van der Waals surface area contributed by atoms with Gasteiger partial charge in [-0.2, -0.15) is 0 Å². The number of benzene rings is 1. The lowest BCUT2D eigenvalue weighted by molar-refractivity contribution is 0.0938. The Bertz CT molecular complexity index is 674. The Kier molecular flexibility index (Phi) is 5.15. The second-order valence-electron chi connectivity index (χ2n) is 5.92. The lowest BCUT2D eigenvalue weighted by Gasteiger charge is -2.12. The molecule has 1 aliphatic carbocycles. The van der Waals surface area contributed by atoms with E-state index in [0.717, 1.165) is 12.8 Å². The molecular weight excluding hydrogens is 306 g/mol. The predicted molar refractivity (Wildman–Crippen MR) is 90.7 cm³/mol. The van der Waals surface area contributed by atoms with Gasteiger partial charge < -0.3 is 20.4 Å². The van der Waals surface area contributed by atoms with Crippen LogP contribution in [0.15, 0.2) is 47.1 Å². The first-order valence-electron chi connectivity index (χ1n) is 8.19. The molecular formula is C18H21N3O3. The third-order valence-electron chi connectivity index (χ3n) is 4.10. The molecule has 1 saturated carbocycles. The summed E-state index contributed by atoms with van der Waals surface area (Å²) in [5, 5.41) is 8.46. The van der Waals surface area contributed by atoms with Crippen molar-refractivity contribution < 1.29 is 14.0 Å². The topological polar surface area (TPSA) is 83.4 Å². The molecule has 6 nitrogen and oxygen atoms in total. The van der Waals surface area contributed by atoms with E-state index < -0.39 is 0 Å². The third-order valence-corrected chi connectivity index (χ3v) is 4.10. The van der Waals surface area contributed by atoms with Crippen LogP contribution in [0.1, 0.15) is 41.8 Å². The normalized spacial score (nSPS) is 14.3. The zero-order chi connectivity index (χ0) is 16.8. The zero-order valence-corrected chi connectivity index (χ0v) is 13.4. The Morgan fingerprint density at radius 3 is 2.50 bits per heavy atom. The van der Waals surface area contributed by atoms with Gasteiger partial charge in [0.25, 0.3) is 5.91 Å². The number of rotatable bonds is 5. The number of carbonyl (C=O) groups is 2. The van der Waals surface area contributed by atoms with E-state index in [1.165, 1.54) is 12.8 Å². The minimum Gasteiger partial charge on any atom is -0.467 e. The molecule has 1 aliphatic rings. The maximum atomic E-state index is 12.1. The number of furan rings is 1. The summed E-state index contributed by atoms with van der Waals surface area (Å²) in [5.74, 6) is 0.625. The third kappa shape index (κ3) is 4.38. The molecule has 24 heavy (non-hydrogen) atoms. The summed E-state index contributed by atoms with van der Waals surface area (Å²) in [6.45, 7) is 0.320. The van der Waals surface area contributed by atoms with Gasteiger partial charge in [-0.3, -0.25) is 4.79 Å². The first-order valence-corrected chi connectivity index (χ1v) is 8.19. The van der Waals surface area contributed by atoms with Gasteiger partial charge in [0.05, 0.1) is 12.8 Å². The maximum absolute atomic E-state index is 12.1. The minimum atomic E-state index is -0.324. The fourth-order valence-corrected chi connectivity index (χ4v) is 2.80. The molecule has 1 aromatic carbocycles. The summed E-state index contributed by atoms with van der Waals surface area (Å²) < 4.78 is 5.14. The highest BCUT2D eigenvalue weighted by atomic mass is 16.3. The molecule has 0 atom stereocenters. The van der Waals surface area contributed by atoms with E-state index in [9.17, 15) is 9.59 Å². The number of nitrogens with one attached hydrogen (secondary N) is 3. The van der Waals surface area contributed by atoms with Crippen LogP contribution in [0.5, 0.6) is 0 Å². The van der Waals surface area contributed by atoms with Gasteiger partial charge >= 0.3 is 6.03 Å². The minimum absolute atomic E-state index is 0.0595. The van der Waals surface area contributed by atoms with Crippen LogP contribution in [0.2, 0.25) is 0 Å². The highest BCUT2D eigenvalue weighted by molar-refractivity contribution is 5.95. The highest BCUT2D eigenvalue weighted by Crippen LogP contribution is 2.18. The van der Waals surface area contributed by atoms with Crippen molar-refractivity contribution in [1.29, 1.82) is 0 Å². The standard InChI is InChI=1S/C18H21N3O3/c22-17(20-14-4-1-2-5-14)13-7-9-15(10-8-13)21-18(23)19-12-16-6-3-11-24-16/h3,6-11,14H,1-2,4-5,12H2,(H,20,22)(H2,19,21,23). The Morgan fingerprint density at radius 2 is 1.83 bits per heavy atom. The van der Waals surface area contributed by atoms with E-state index in [1.54, 1.807) is 42.7 Å². The van der Waals surface area contributed by atoms with Crippen molar-refractivity contribution in [2.24, 2.45) is 0 Å². The molecule has 0 radical (unpaired) electrons. The number of hydrogen-bond acceptors (Lipinski definition) is 3. The summed E-state index contributed by atoms with van der Waals surface area (Å²) in [4.78, 5) is 24.0. The first kappa shape index (κ1) is 16.1. The van der Waals surface area contributed by atoms with E-state index in [2.05, 4.69) is 16.0 Å². The lowest BCUT2D eigenvalue weighted by atomic mass is 10.1. The average molecular weight is 327 g/mol. The van der Waals surface area contributed by atoms with E-state index >= 15 is 0 Å². The van der Waals surface area contributed by atoms with Crippen molar-refractivity contribution >= 4 is 17.6 Å². The van der Waals surface area contributed by atoms with Crippen molar-refractivity contribution in [3.8, 4) is 0 Å². The van der Waals surface area contributed by atoms with Gasteiger partial charge in [-0.25, -0.2) is 4.79 Å². The summed E-state index contributed by atoms with van der Waals surface area (Å²) in [7, 11) is 0. The van der Waals surface area contributed by atoms with Crippen molar-refractivity contribution in [3.05, 3.63) is 54.0 Å². The van der Waals surface area contributed by atoms with Crippen molar-refractivity contribution in [2.75, 3.05) is 5.32 Å². The van der Waals surface area contributed by atoms with Crippen LogP contribution in [-0.2, 0) is 6.54 Å². The van der Waals surface area contributed by atoms with Crippen molar-refractivity contribution in [2.45, 2.75) is 38.3 Å². The molecule has 3 rings (SSSR count). The van der Waals surface area contributed by atoms with Gasteiger partial charge in [0.15, 0.2) is 0 Å². The van der Waals surface area contributed by atoms with Crippen LogP contribution >= 0.6 is 0 Å². The molecule has 0 aliphatic heterocycles. The second kappa shape index (κ2) is 7.68. The van der Waals surface area contributed by atoms with Gasteiger partial charge in [0.1, 0.15) is 5.76 Å². The van der Waals surface area contributed by atoms with Crippen LogP contribution in [0, 0.1) is 0 Å². The van der Waals surface area contributed by atoms with Crippen LogP contribution in [0.25, 0.3) is 0 Å². The fraction of sp³-hybridized carbons (Fsp3) is 0.333. The largest absolute Gasteiger partial charge is 0.467 e. The summed E-state index contributed by atoms with van der Waals surface area (Å²) in [6, 6.07) is 10.4. The summed E-state index contributed by atoms with van der Waals surface area (Å²) in [5.41, 5.74) is 1.23. The first-order chi connectivity index (χ1) is 11.7. The lowest BCUT2D eigenvalue weighted by Crippen LogP contribution is -2.32. The van der Waals surface area contributed by atoms with Crippen LogP contribution in [0.4, 0.5) is 10.5 Å². The van der Waals surface area contributed by atoms with Crippen LogP contribution in [-0.4, -0.2) is 18.0 Å². The van der Waals surface area contributed by atoms with E-state index in [1.807, 2.05) is 0 Å².